The standard InChI is InChI=1S/C14H17N3/c15-14-12(10-11-6-2-1-3-7-11)16-13-8-4-5-9-17(13)14/h1-3,6-7H,4-5,8-10,15H2. The van der Waals surface area contributed by atoms with Crippen molar-refractivity contribution < 1.29 is 0 Å². The van der Waals surface area contributed by atoms with Crippen molar-refractivity contribution in [3.63, 3.8) is 0 Å². The molecular weight excluding hydrogens is 210 g/mol. The minimum absolute atomic E-state index is 0.840. The Bertz CT molecular complexity index is 514. The van der Waals surface area contributed by atoms with Crippen molar-refractivity contribution in [2.75, 3.05) is 5.73 Å². The Morgan fingerprint density at radius 2 is 2.00 bits per heavy atom. The van der Waals surface area contributed by atoms with E-state index in [0.29, 0.717) is 0 Å². The predicted molar refractivity (Wildman–Crippen MR) is 68.8 cm³/mol. The van der Waals surface area contributed by atoms with Crippen LogP contribution in [0, 0.1) is 0 Å². The molecule has 0 spiro atoms. The zero-order valence-electron chi connectivity index (χ0n) is 9.89. The highest BCUT2D eigenvalue weighted by atomic mass is 15.1. The third kappa shape index (κ3) is 1.93. The van der Waals surface area contributed by atoms with Crippen molar-refractivity contribution in [2.24, 2.45) is 0 Å². The second kappa shape index (κ2) is 4.24. The summed E-state index contributed by atoms with van der Waals surface area (Å²) >= 11 is 0. The van der Waals surface area contributed by atoms with E-state index in [1.165, 1.54) is 24.2 Å². The van der Waals surface area contributed by atoms with Crippen molar-refractivity contribution >= 4 is 5.82 Å². The van der Waals surface area contributed by atoms with E-state index in [4.69, 9.17) is 5.73 Å². The first-order valence-corrected chi connectivity index (χ1v) is 6.22. The van der Waals surface area contributed by atoms with Crippen LogP contribution in [0.1, 0.15) is 29.9 Å². The van der Waals surface area contributed by atoms with Gasteiger partial charge in [0.15, 0.2) is 0 Å². The number of imidazole rings is 1. The van der Waals surface area contributed by atoms with Gasteiger partial charge >= 0.3 is 0 Å². The van der Waals surface area contributed by atoms with E-state index in [-0.39, 0.29) is 0 Å². The van der Waals surface area contributed by atoms with E-state index in [0.717, 1.165) is 30.9 Å². The summed E-state index contributed by atoms with van der Waals surface area (Å²) < 4.78 is 2.18. The van der Waals surface area contributed by atoms with Gasteiger partial charge < -0.3 is 10.3 Å². The fourth-order valence-electron chi connectivity index (χ4n) is 2.48. The molecule has 0 saturated carbocycles. The van der Waals surface area contributed by atoms with E-state index in [2.05, 4.69) is 33.8 Å². The minimum Gasteiger partial charge on any atom is -0.384 e. The number of nitrogens with zero attached hydrogens (tertiary/aromatic N) is 2. The summed E-state index contributed by atoms with van der Waals surface area (Å²) in [5.74, 6) is 2.03. The summed E-state index contributed by atoms with van der Waals surface area (Å²) in [7, 11) is 0. The molecule has 0 atom stereocenters. The number of benzene rings is 1. The molecule has 1 aromatic heterocycles. The van der Waals surface area contributed by atoms with Crippen LogP contribution >= 0.6 is 0 Å². The summed E-state index contributed by atoms with van der Waals surface area (Å²) in [4.78, 5) is 4.68. The van der Waals surface area contributed by atoms with Gasteiger partial charge in [0.05, 0.1) is 5.69 Å². The van der Waals surface area contributed by atoms with E-state index in [1.54, 1.807) is 0 Å². The maximum absolute atomic E-state index is 6.17. The first-order chi connectivity index (χ1) is 8.34. The number of anilines is 1. The molecule has 2 aromatic rings. The van der Waals surface area contributed by atoms with Crippen LogP contribution in [0.25, 0.3) is 0 Å². The Kier molecular flexibility index (Phi) is 2.59. The van der Waals surface area contributed by atoms with Gasteiger partial charge in [-0.25, -0.2) is 4.98 Å². The molecule has 2 heterocycles. The van der Waals surface area contributed by atoms with Crippen molar-refractivity contribution in [3.8, 4) is 0 Å². The third-order valence-electron chi connectivity index (χ3n) is 3.41. The lowest BCUT2D eigenvalue weighted by atomic mass is 10.1. The normalized spacial score (nSPS) is 14.6. The number of hydrogen-bond donors (Lipinski definition) is 1. The Morgan fingerprint density at radius 1 is 1.18 bits per heavy atom. The summed E-state index contributed by atoms with van der Waals surface area (Å²) in [6, 6.07) is 10.4. The van der Waals surface area contributed by atoms with Gasteiger partial charge in [-0.2, -0.15) is 0 Å². The van der Waals surface area contributed by atoms with Gasteiger partial charge in [-0.05, 0) is 18.4 Å². The Hall–Kier alpha value is -1.77. The number of hydrogen-bond acceptors (Lipinski definition) is 2. The molecule has 3 heteroatoms. The van der Waals surface area contributed by atoms with Crippen LogP contribution in [0.5, 0.6) is 0 Å². The molecule has 0 bridgehead atoms. The van der Waals surface area contributed by atoms with Crippen LogP contribution in [0.3, 0.4) is 0 Å². The van der Waals surface area contributed by atoms with Crippen LogP contribution in [-0.4, -0.2) is 9.55 Å². The molecule has 1 aliphatic rings. The summed E-state index contributed by atoms with van der Waals surface area (Å²) in [6.45, 7) is 1.03. The fourth-order valence-corrected chi connectivity index (χ4v) is 2.48. The van der Waals surface area contributed by atoms with Crippen LogP contribution in [0.4, 0.5) is 5.82 Å². The summed E-state index contributed by atoms with van der Waals surface area (Å²) in [5.41, 5.74) is 8.48. The molecule has 1 aliphatic heterocycles. The van der Waals surface area contributed by atoms with Crippen molar-refractivity contribution in [1.29, 1.82) is 0 Å². The van der Waals surface area contributed by atoms with Gasteiger partial charge in [0.2, 0.25) is 0 Å². The molecule has 0 amide bonds. The van der Waals surface area contributed by atoms with Crippen molar-refractivity contribution in [1.82, 2.24) is 9.55 Å². The topological polar surface area (TPSA) is 43.8 Å². The monoisotopic (exact) mass is 227 g/mol. The van der Waals surface area contributed by atoms with Gasteiger partial charge in [-0.1, -0.05) is 30.3 Å². The van der Waals surface area contributed by atoms with Gasteiger partial charge in [0.1, 0.15) is 11.6 Å². The Morgan fingerprint density at radius 3 is 2.76 bits per heavy atom. The molecule has 88 valence electrons. The molecule has 1 aromatic carbocycles. The van der Waals surface area contributed by atoms with E-state index < -0.39 is 0 Å². The van der Waals surface area contributed by atoms with Crippen LogP contribution in [0.2, 0.25) is 0 Å². The van der Waals surface area contributed by atoms with E-state index in [1.807, 2.05) is 6.07 Å². The van der Waals surface area contributed by atoms with E-state index >= 15 is 0 Å². The highest BCUT2D eigenvalue weighted by molar-refractivity contribution is 5.41. The summed E-state index contributed by atoms with van der Waals surface area (Å²) in [5, 5.41) is 0. The smallest absolute Gasteiger partial charge is 0.127 e. The first-order valence-electron chi connectivity index (χ1n) is 6.22. The second-order valence-corrected chi connectivity index (χ2v) is 4.63. The number of nitrogens with two attached hydrogens (primary N) is 1. The molecule has 3 rings (SSSR count). The number of fused-ring (bicyclic) bond motifs is 1. The molecule has 3 nitrogen and oxygen atoms in total. The van der Waals surface area contributed by atoms with Crippen molar-refractivity contribution in [3.05, 3.63) is 47.4 Å². The maximum atomic E-state index is 6.17. The van der Waals surface area contributed by atoms with Gasteiger partial charge in [0.25, 0.3) is 0 Å². The molecule has 0 radical (unpaired) electrons. The molecule has 0 unspecified atom stereocenters. The number of aromatic nitrogens is 2. The van der Waals surface area contributed by atoms with Gasteiger partial charge in [-0.3, -0.25) is 0 Å². The van der Waals surface area contributed by atoms with Crippen molar-refractivity contribution in [2.45, 2.75) is 32.2 Å². The molecule has 0 saturated heterocycles. The lowest BCUT2D eigenvalue weighted by Crippen LogP contribution is -2.12. The maximum Gasteiger partial charge on any atom is 0.127 e. The Balaban J connectivity index is 1.91. The fraction of sp³-hybridized carbons (Fsp3) is 0.357. The molecule has 0 aliphatic carbocycles. The average molecular weight is 227 g/mol. The Labute approximate surface area is 101 Å². The van der Waals surface area contributed by atoms with E-state index in [9.17, 15) is 0 Å². The first kappa shape index (κ1) is 10.4. The van der Waals surface area contributed by atoms with Crippen LogP contribution in [-0.2, 0) is 19.4 Å². The van der Waals surface area contributed by atoms with Gasteiger partial charge in [-0.15, -0.1) is 0 Å². The highest BCUT2D eigenvalue weighted by Gasteiger charge is 2.17. The lowest BCUT2D eigenvalue weighted by molar-refractivity contribution is 0.527. The quantitative estimate of drug-likeness (QED) is 0.856. The average Bonchev–Trinajstić information content (AvgIpc) is 2.68. The predicted octanol–water partition coefficient (Wildman–Crippen LogP) is 2.39. The number of nitrogen functional groups attached to an aromatic ring is 1. The number of aryl methyl sites for hydroxylation is 1. The highest BCUT2D eigenvalue weighted by Crippen LogP contribution is 2.23. The molecule has 0 fully saturated rings. The van der Waals surface area contributed by atoms with Crippen LogP contribution < -0.4 is 5.73 Å². The SMILES string of the molecule is Nc1c(Cc2ccccc2)nc2n1CCCC2. The zero-order valence-corrected chi connectivity index (χ0v) is 9.89. The van der Waals surface area contributed by atoms with Gasteiger partial charge in [0, 0.05) is 19.4 Å². The second-order valence-electron chi connectivity index (χ2n) is 4.63. The third-order valence-corrected chi connectivity index (χ3v) is 3.41. The zero-order chi connectivity index (χ0) is 11.7. The number of rotatable bonds is 2. The molecule has 17 heavy (non-hydrogen) atoms. The molecular formula is C14H17N3. The molecule has 2 N–H and O–H groups in total. The summed E-state index contributed by atoms with van der Waals surface area (Å²) in [6.07, 6.45) is 4.37. The lowest BCUT2D eigenvalue weighted by Gasteiger charge is -2.14. The minimum atomic E-state index is 0.840. The largest absolute Gasteiger partial charge is 0.384 e. The van der Waals surface area contributed by atoms with Crippen LogP contribution in [0.15, 0.2) is 30.3 Å².